The van der Waals surface area contributed by atoms with Gasteiger partial charge in [0.2, 0.25) is 0 Å². The van der Waals surface area contributed by atoms with Gasteiger partial charge in [-0.05, 0) is 53.4 Å². The molecule has 1 heterocycles. The monoisotopic (exact) mass is 423 g/mol. The van der Waals surface area contributed by atoms with Gasteiger partial charge in [-0.3, -0.25) is 9.69 Å². The summed E-state index contributed by atoms with van der Waals surface area (Å²) < 4.78 is 1.06. The molecule has 0 saturated carbocycles. The Balaban J connectivity index is 1.80. The first-order chi connectivity index (χ1) is 13.1. The van der Waals surface area contributed by atoms with Gasteiger partial charge in [-0.1, -0.05) is 70.5 Å². The number of carboxylic acids is 1. The third-order valence-corrected chi connectivity index (χ3v) is 6.18. The Kier molecular flexibility index (Phi) is 5.28. The summed E-state index contributed by atoms with van der Waals surface area (Å²) in [6.45, 7) is 1.48. The molecule has 3 aromatic rings. The van der Waals surface area contributed by atoms with Gasteiger partial charge < -0.3 is 5.11 Å². The van der Waals surface area contributed by atoms with Crippen LogP contribution in [0.5, 0.6) is 0 Å². The van der Waals surface area contributed by atoms with Gasteiger partial charge in [0.05, 0.1) is 12.0 Å². The van der Waals surface area contributed by atoms with E-state index in [0.717, 1.165) is 23.9 Å². The van der Waals surface area contributed by atoms with E-state index in [1.54, 1.807) is 0 Å². The summed E-state index contributed by atoms with van der Waals surface area (Å²) in [5.41, 5.74) is 2.38. The summed E-state index contributed by atoms with van der Waals surface area (Å²) in [5.74, 6) is -0.992. The summed E-state index contributed by atoms with van der Waals surface area (Å²) >= 11 is 3.71. The maximum Gasteiger partial charge on any atom is 0.307 e. The average Bonchev–Trinajstić information content (AvgIpc) is 2.70. The van der Waals surface area contributed by atoms with E-state index in [2.05, 4.69) is 75.4 Å². The van der Waals surface area contributed by atoms with Crippen LogP contribution < -0.4 is 0 Å². The lowest BCUT2D eigenvalue weighted by atomic mass is 9.90. The molecule has 4 heteroatoms. The molecule has 3 aromatic carbocycles. The lowest BCUT2D eigenvalue weighted by Gasteiger charge is -2.38. The van der Waals surface area contributed by atoms with Crippen LogP contribution in [-0.4, -0.2) is 29.1 Å². The number of carbonyl (C=O) groups is 1. The van der Waals surface area contributed by atoms with E-state index in [4.69, 9.17) is 0 Å². The molecule has 4 rings (SSSR count). The van der Waals surface area contributed by atoms with E-state index in [1.165, 1.54) is 21.9 Å². The van der Waals surface area contributed by atoms with Crippen LogP contribution in [0, 0.1) is 5.92 Å². The number of benzene rings is 3. The Hall–Kier alpha value is -2.17. The second kappa shape index (κ2) is 7.83. The quantitative estimate of drug-likeness (QED) is 0.602. The minimum atomic E-state index is -0.691. The Morgan fingerprint density at radius 3 is 2.56 bits per heavy atom. The van der Waals surface area contributed by atoms with Crippen LogP contribution in [-0.2, 0) is 4.79 Å². The van der Waals surface area contributed by atoms with E-state index in [-0.39, 0.29) is 12.0 Å². The van der Waals surface area contributed by atoms with Crippen LogP contribution in [0.25, 0.3) is 10.8 Å². The van der Waals surface area contributed by atoms with E-state index in [9.17, 15) is 9.90 Å². The fraction of sp³-hybridized carbons (Fsp3) is 0.261. The van der Waals surface area contributed by atoms with Crippen molar-refractivity contribution in [1.82, 2.24) is 4.90 Å². The van der Waals surface area contributed by atoms with E-state index < -0.39 is 5.97 Å². The molecule has 0 amide bonds. The lowest BCUT2D eigenvalue weighted by Crippen LogP contribution is -2.41. The van der Waals surface area contributed by atoms with Gasteiger partial charge >= 0.3 is 5.97 Å². The first kappa shape index (κ1) is 18.2. The van der Waals surface area contributed by atoms with Crippen molar-refractivity contribution >= 4 is 32.7 Å². The first-order valence-corrected chi connectivity index (χ1v) is 10.1. The second-order valence-electron chi connectivity index (χ2n) is 7.20. The molecule has 1 saturated heterocycles. The maximum atomic E-state index is 11.6. The van der Waals surface area contributed by atoms with Crippen LogP contribution in [0.15, 0.2) is 71.2 Å². The lowest BCUT2D eigenvalue weighted by molar-refractivity contribution is -0.143. The zero-order valence-corrected chi connectivity index (χ0v) is 16.6. The van der Waals surface area contributed by atoms with Gasteiger partial charge in [-0.25, -0.2) is 0 Å². The molecular weight excluding hydrogens is 402 g/mol. The van der Waals surface area contributed by atoms with Crippen LogP contribution in [0.2, 0.25) is 0 Å². The zero-order chi connectivity index (χ0) is 18.8. The molecule has 2 unspecified atom stereocenters. The molecule has 27 heavy (non-hydrogen) atoms. The van der Waals surface area contributed by atoms with Gasteiger partial charge in [0.25, 0.3) is 0 Å². The summed E-state index contributed by atoms with van der Waals surface area (Å²) in [7, 11) is 0. The van der Waals surface area contributed by atoms with Gasteiger partial charge in [-0.2, -0.15) is 0 Å². The van der Waals surface area contributed by atoms with Gasteiger partial charge in [0, 0.05) is 11.0 Å². The predicted octanol–water partition coefficient (Wildman–Crippen LogP) is 5.49. The highest BCUT2D eigenvalue weighted by Gasteiger charge is 2.32. The molecule has 0 bridgehead atoms. The number of nitrogens with zero attached hydrogens (tertiary/aromatic N) is 1. The van der Waals surface area contributed by atoms with Crippen molar-refractivity contribution in [2.45, 2.75) is 18.9 Å². The fourth-order valence-corrected chi connectivity index (χ4v) is 4.61. The van der Waals surface area contributed by atoms with E-state index >= 15 is 0 Å². The standard InChI is InChI=1S/C23H22BrNO2/c24-21-10-4-3-9-20(21)22(25-13-5-8-19(15-25)23(26)27)18-12-11-16-6-1-2-7-17(16)14-18/h1-4,6-7,9-12,14,19,22H,5,8,13,15H2,(H,26,27). The number of carboxylic acid groups (broad SMARTS) is 1. The van der Waals surface area contributed by atoms with Crippen molar-refractivity contribution in [3.05, 3.63) is 82.3 Å². The third-order valence-electron chi connectivity index (χ3n) is 5.46. The summed E-state index contributed by atoms with van der Waals surface area (Å²) in [4.78, 5) is 13.9. The largest absolute Gasteiger partial charge is 0.481 e. The van der Waals surface area contributed by atoms with Crippen molar-refractivity contribution in [2.24, 2.45) is 5.92 Å². The number of rotatable bonds is 4. The minimum Gasteiger partial charge on any atom is -0.481 e. The van der Waals surface area contributed by atoms with Crippen molar-refractivity contribution < 1.29 is 9.90 Å². The smallest absolute Gasteiger partial charge is 0.307 e. The number of piperidine rings is 1. The van der Waals surface area contributed by atoms with E-state index in [1.807, 2.05) is 12.1 Å². The van der Waals surface area contributed by atoms with Crippen molar-refractivity contribution in [2.75, 3.05) is 13.1 Å². The third kappa shape index (κ3) is 3.78. The first-order valence-electron chi connectivity index (χ1n) is 9.33. The van der Waals surface area contributed by atoms with Crippen molar-refractivity contribution in [3.63, 3.8) is 0 Å². The molecule has 1 aliphatic heterocycles. The minimum absolute atomic E-state index is 0.0346. The number of halogens is 1. The number of fused-ring (bicyclic) bond motifs is 1. The summed E-state index contributed by atoms with van der Waals surface area (Å²) in [6.07, 6.45) is 1.66. The van der Waals surface area contributed by atoms with Crippen LogP contribution >= 0.6 is 15.9 Å². The normalized spacial score (nSPS) is 19.1. The molecule has 1 aliphatic rings. The molecule has 0 radical (unpaired) electrons. The number of hydrogen-bond donors (Lipinski definition) is 1. The van der Waals surface area contributed by atoms with Crippen LogP contribution in [0.3, 0.4) is 0 Å². The number of aliphatic carboxylic acids is 1. The predicted molar refractivity (Wildman–Crippen MR) is 112 cm³/mol. The van der Waals surface area contributed by atoms with Crippen molar-refractivity contribution in [1.29, 1.82) is 0 Å². The zero-order valence-electron chi connectivity index (χ0n) is 15.0. The van der Waals surface area contributed by atoms with Crippen LogP contribution in [0.1, 0.15) is 30.0 Å². The van der Waals surface area contributed by atoms with Crippen molar-refractivity contribution in [3.8, 4) is 0 Å². The molecular formula is C23H22BrNO2. The Labute approximate surface area is 167 Å². The average molecular weight is 424 g/mol. The molecule has 138 valence electrons. The number of likely N-dealkylation sites (tertiary alicyclic amines) is 1. The Morgan fingerprint density at radius 2 is 1.78 bits per heavy atom. The molecule has 0 aliphatic carbocycles. The van der Waals surface area contributed by atoms with E-state index in [0.29, 0.717) is 6.54 Å². The molecule has 2 atom stereocenters. The SMILES string of the molecule is O=C(O)C1CCCN(C(c2ccc3ccccc3c2)c2ccccc2Br)C1. The Bertz CT molecular complexity index is 971. The fourth-order valence-electron chi connectivity index (χ4n) is 4.10. The Morgan fingerprint density at radius 1 is 1.04 bits per heavy atom. The molecule has 3 nitrogen and oxygen atoms in total. The highest BCUT2D eigenvalue weighted by Crippen LogP contribution is 2.37. The van der Waals surface area contributed by atoms with Crippen LogP contribution in [0.4, 0.5) is 0 Å². The molecule has 1 N–H and O–H groups in total. The van der Waals surface area contributed by atoms with Gasteiger partial charge in [0.1, 0.15) is 0 Å². The van der Waals surface area contributed by atoms with Gasteiger partial charge in [-0.15, -0.1) is 0 Å². The molecule has 0 aromatic heterocycles. The second-order valence-corrected chi connectivity index (χ2v) is 8.06. The molecule has 1 fully saturated rings. The topological polar surface area (TPSA) is 40.5 Å². The number of hydrogen-bond acceptors (Lipinski definition) is 2. The summed E-state index contributed by atoms with van der Waals surface area (Å²) in [5, 5.41) is 12.0. The maximum absolute atomic E-state index is 11.6. The molecule has 0 spiro atoms. The highest BCUT2D eigenvalue weighted by atomic mass is 79.9. The summed E-state index contributed by atoms with van der Waals surface area (Å²) in [6, 6.07) is 23.2. The highest BCUT2D eigenvalue weighted by molar-refractivity contribution is 9.10. The van der Waals surface area contributed by atoms with Gasteiger partial charge in [0.15, 0.2) is 0 Å².